The van der Waals surface area contributed by atoms with Gasteiger partial charge in [-0.05, 0) is 34.5 Å². The third-order valence-electron chi connectivity index (χ3n) is 2.45. The highest BCUT2D eigenvalue weighted by atomic mass is 79.9. The molecule has 94 valence electrons. The Hall–Kier alpha value is -0.910. The van der Waals surface area contributed by atoms with Crippen molar-refractivity contribution in [1.29, 1.82) is 0 Å². The fraction of sp³-hybridized carbons (Fsp3) is 0.417. The normalized spacial score (nSPS) is 10.4. The highest BCUT2D eigenvalue weighted by Gasteiger charge is 2.17. The number of hydrogen-bond donors (Lipinski definition) is 2. The minimum Gasteiger partial charge on any atom is -0.395 e. The summed E-state index contributed by atoms with van der Waals surface area (Å²) in [6, 6.07) is 5.44. The summed E-state index contributed by atoms with van der Waals surface area (Å²) in [6.07, 6.45) is 0. The van der Waals surface area contributed by atoms with Crippen molar-refractivity contribution in [3.8, 4) is 0 Å². The Morgan fingerprint density at radius 1 is 1.29 bits per heavy atom. The summed E-state index contributed by atoms with van der Waals surface area (Å²) in [6.45, 7) is 2.12. The lowest BCUT2D eigenvalue weighted by atomic mass is 10.1. The smallest absolute Gasteiger partial charge is 0.255 e. The number of rotatable bonds is 5. The Bertz CT molecular complexity index is 389. The van der Waals surface area contributed by atoms with E-state index in [2.05, 4.69) is 15.9 Å². The lowest BCUT2D eigenvalue weighted by Crippen LogP contribution is -2.36. The third-order valence-corrected chi connectivity index (χ3v) is 3.50. The van der Waals surface area contributed by atoms with Gasteiger partial charge >= 0.3 is 0 Å². The number of hydrogen-bond acceptors (Lipinski definition) is 3. The Balaban J connectivity index is 2.96. The lowest BCUT2D eigenvalue weighted by molar-refractivity contribution is 0.0684. The van der Waals surface area contributed by atoms with Crippen LogP contribution in [0.5, 0.6) is 0 Å². The van der Waals surface area contributed by atoms with E-state index < -0.39 is 0 Å². The molecule has 0 bridgehead atoms. The zero-order valence-corrected chi connectivity index (χ0v) is 11.3. The molecule has 0 atom stereocenters. The Morgan fingerprint density at radius 3 is 2.41 bits per heavy atom. The van der Waals surface area contributed by atoms with Crippen molar-refractivity contribution in [3.05, 3.63) is 33.8 Å². The summed E-state index contributed by atoms with van der Waals surface area (Å²) >= 11 is 3.38. The molecule has 0 aromatic heterocycles. The van der Waals surface area contributed by atoms with Gasteiger partial charge in [0.15, 0.2) is 0 Å². The first kappa shape index (κ1) is 14.2. The number of nitrogens with zero attached hydrogens (tertiary/aromatic N) is 1. The molecule has 0 aliphatic rings. The number of halogens is 1. The number of carbonyl (C=O) groups is 1. The minimum atomic E-state index is -0.191. The summed E-state index contributed by atoms with van der Waals surface area (Å²) in [5, 5.41) is 17.8. The van der Waals surface area contributed by atoms with Crippen molar-refractivity contribution in [3.63, 3.8) is 0 Å². The van der Waals surface area contributed by atoms with E-state index in [9.17, 15) is 4.79 Å². The van der Waals surface area contributed by atoms with Crippen LogP contribution in [0.3, 0.4) is 0 Å². The van der Waals surface area contributed by atoms with Crippen molar-refractivity contribution in [2.24, 2.45) is 0 Å². The molecule has 1 aromatic carbocycles. The average Bonchev–Trinajstić information content (AvgIpc) is 2.31. The maximum absolute atomic E-state index is 12.2. The van der Waals surface area contributed by atoms with Crippen LogP contribution in [-0.2, 0) is 0 Å². The molecule has 0 fully saturated rings. The van der Waals surface area contributed by atoms with Gasteiger partial charge in [0.2, 0.25) is 0 Å². The molecule has 0 radical (unpaired) electrons. The number of amides is 1. The summed E-state index contributed by atoms with van der Waals surface area (Å²) in [7, 11) is 0. The van der Waals surface area contributed by atoms with E-state index >= 15 is 0 Å². The van der Waals surface area contributed by atoms with Crippen LogP contribution in [0.4, 0.5) is 0 Å². The Labute approximate surface area is 109 Å². The Morgan fingerprint density at radius 2 is 1.88 bits per heavy atom. The number of benzene rings is 1. The lowest BCUT2D eigenvalue weighted by Gasteiger charge is -2.21. The molecule has 1 aromatic rings. The molecule has 0 saturated heterocycles. The molecule has 5 heteroatoms. The van der Waals surface area contributed by atoms with Crippen molar-refractivity contribution in [2.75, 3.05) is 26.3 Å². The second-order valence-corrected chi connectivity index (χ2v) is 4.47. The summed E-state index contributed by atoms with van der Waals surface area (Å²) < 4.78 is 0.755. The van der Waals surface area contributed by atoms with Gasteiger partial charge in [-0.15, -0.1) is 0 Å². The summed E-state index contributed by atoms with van der Waals surface area (Å²) in [4.78, 5) is 13.6. The first-order valence-corrected chi connectivity index (χ1v) is 6.17. The van der Waals surface area contributed by atoms with Crippen LogP contribution in [0, 0.1) is 6.92 Å². The number of aliphatic hydroxyl groups is 2. The number of aryl methyl sites for hydroxylation is 1. The first-order chi connectivity index (χ1) is 8.11. The van der Waals surface area contributed by atoms with E-state index in [1.807, 2.05) is 19.1 Å². The van der Waals surface area contributed by atoms with Gasteiger partial charge in [0.05, 0.1) is 18.8 Å². The van der Waals surface area contributed by atoms with Crippen LogP contribution in [0.2, 0.25) is 0 Å². The third kappa shape index (κ3) is 3.52. The van der Waals surface area contributed by atoms with E-state index in [0.29, 0.717) is 5.56 Å². The van der Waals surface area contributed by atoms with Gasteiger partial charge < -0.3 is 15.1 Å². The van der Waals surface area contributed by atoms with Gasteiger partial charge in [0, 0.05) is 17.6 Å². The van der Waals surface area contributed by atoms with Gasteiger partial charge in [-0.25, -0.2) is 0 Å². The predicted octanol–water partition coefficient (Wildman–Crippen LogP) is 1.18. The van der Waals surface area contributed by atoms with E-state index in [1.54, 1.807) is 6.07 Å². The van der Waals surface area contributed by atoms with Crippen molar-refractivity contribution >= 4 is 21.8 Å². The van der Waals surface area contributed by atoms with Gasteiger partial charge in [0.25, 0.3) is 5.91 Å². The molecule has 1 amide bonds. The average molecular weight is 302 g/mol. The topological polar surface area (TPSA) is 60.8 Å². The zero-order valence-electron chi connectivity index (χ0n) is 9.69. The van der Waals surface area contributed by atoms with Gasteiger partial charge in [0.1, 0.15) is 0 Å². The number of carbonyl (C=O) groups excluding carboxylic acids is 1. The monoisotopic (exact) mass is 301 g/mol. The molecule has 0 aliphatic carbocycles. The molecule has 17 heavy (non-hydrogen) atoms. The molecule has 0 saturated carbocycles. The molecule has 0 spiro atoms. The molecule has 0 unspecified atom stereocenters. The van der Waals surface area contributed by atoms with Crippen LogP contribution >= 0.6 is 15.9 Å². The summed E-state index contributed by atoms with van der Waals surface area (Å²) in [5.41, 5.74) is 1.52. The fourth-order valence-electron chi connectivity index (χ4n) is 1.54. The van der Waals surface area contributed by atoms with E-state index in [0.717, 1.165) is 10.0 Å². The SMILES string of the molecule is Cc1cccc(C(=O)N(CCO)CCO)c1Br. The highest BCUT2D eigenvalue weighted by Crippen LogP contribution is 2.22. The quantitative estimate of drug-likeness (QED) is 0.859. The summed E-state index contributed by atoms with van der Waals surface area (Å²) in [5.74, 6) is -0.191. The maximum atomic E-state index is 12.2. The van der Waals surface area contributed by atoms with Gasteiger partial charge in [-0.3, -0.25) is 4.79 Å². The van der Waals surface area contributed by atoms with Crippen LogP contribution in [0.25, 0.3) is 0 Å². The van der Waals surface area contributed by atoms with Gasteiger partial charge in [-0.2, -0.15) is 0 Å². The van der Waals surface area contributed by atoms with E-state index in [-0.39, 0.29) is 32.2 Å². The van der Waals surface area contributed by atoms with Crippen molar-refractivity contribution < 1.29 is 15.0 Å². The van der Waals surface area contributed by atoms with Crippen LogP contribution in [0.15, 0.2) is 22.7 Å². The molecular formula is C12H16BrNO3. The van der Waals surface area contributed by atoms with Crippen LogP contribution in [0.1, 0.15) is 15.9 Å². The second-order valence-electron chi connectivity index (χ2n) is 3.68. The van der Waals surface area contributed by atoms with Gasteiger partial charge in [-0.1, -0.05) is 12.1 Å². The minimum absolute atomic E-state index is 0.116. The highest BCUT2D eigenvalue weighted by molar-refractivity contribution is 9.10. The second kappa shape index (κ2) is 6.74. The van der Waals surface area contributed by atoms with Crippen LogP contribution < -0.4 is 0 Å². The predicted molar refractivity (Wildman–Crippen MR) is 69.0 cm³/mol. The largest absolute Gasteiger partial charge is 0.395 e. The Kier molecular flexibility index (Phi) is 5.61. The van der Waals surface area contributed by atoms with Crippen molar-refractivity contribution in [1.82, 2.24) is 4.90 Å². The first-order valence-electron chi connectivity index (χ1n) is 5.38. The molecule has 1 rings (SSSR count). The van der Waals surface area contributed by atoms with E-state index in [1.165, 1.54) is 4.90 Å². The molecule has 0 heterocycles. The number of aliphatic hydroxyl groups excluding tert-OH is 2. The van der Waals surface area contributed by atoms with Crippen molar-refractivity contribution in [2.45, 2.75) is 6.92 Å². The maximum Gasteiger partial charge on any atom is 0.255 e. The molecule has 4 nitrogen and oxygen atoms in total. The fourth-order valence-corrected chi connectivity index (χ4v) is 1.97. The molecule has 2 N–H and O–H groups in total. The molecular weight excluding hydrogens is 286 g/mol. The zero-order chi connectivity index (χ0) is 12.8. The standard InChI is InChI=1S/C12H16BrNO3/c1-9-3-2-4-10(11(9)13)12(17)14(5-7-15)6-8-16/h2-4,15-16H,5-8H2,1H3. The van der Waals surface area contributed by atoms with E-state index in [4.69, 9.17) is 10.2 Å². The molecule has 0 aliphatic heterocycles. The van der Waals surface area contributed by atoms with Crippen LogP contribution in [-0.4, -0.2) is 47.3 Å².